The molecule has 0 N–H and O–H groups in total. The van der Waals surface area contributed by atoms with E-state index in [0.717, 1.165) is 5.92 Å². The average molecular weight is 203 g/mol. The van der Waals surface area contributed by atoms with Gasteiger partial charge in [-0.3, -0.25) is 0 Å². The van der Waals surface area contributed by atoms with E-state index in [1.54, 1.807) is 5.57 Å². The number of nitrogens with zero attached hydrogens (tertiary/aromatic N) is 1. The number of likely N-dealkylation sites (tertiary alicyclic amines) is 1. The van der Waals surface area contributed by atoms with E-state index in [1.165, 1.54) is 25.9 Å². The first kappa shape index (κ1) is 10.7. The van der Waals surface area contributed by atoms with Gasteiger partial charge in [-0.15, -0.1) is 0 Å². The average Bonchev–Trinajstić information content (AvgIpc) is 2.43. The van der Waals surface area contributed by atoms with Crippen LogP contribution in [0.2, 0.25) is 0 Å². The smallest absolute Gasteiger partial charge is 0.00471 e. The Hall–Kier alpha value is -0.820. The van der Waals surface area contributed by atoms with Crippen molar-refractivity contribution < 1.29 is 0 Å². The van der Waals surface area contributed by atoms with Crippen molar-refractivity contribution >= 4 is 0 Å². The number of rotatable bonds is 1. The monoisotopic (exact) mass is 203 g/mol. The predicted octanol–water partition coefficient (Wildman–Crippen LogP) is 3.02. The van der Waals surface area contributed by atoms with Crippen LogP contribution in [0.3, 0.4) is 0 Å². The summed E-state index contributed by atoms with van der Waals surface area (Å²) in [5, 5.41) is 0. The van der Waals surface area contributed by atoms with E-state index >= 15 is 0 Å². The lowest BCUT2D eigenvalue weighted by molar-refractivity contribution is 0.232. The van der Waals surface area contributed by atoms with E-state index in [0.29, 0.717) is 5.92 Å². The zero-order valence-electron chi connectivity index (χ0n) is 9.82. The van der Waals surface area contributed by atoms with Crippen LogP contribution in [0.25, 0.3) is 0 Å². The molecule has 1 heteroatoms. The molecule has 1 nitrogen and oxygen atoms in total. The molecule has 0 aromatic rings. The quantitative estimate of drug-likeness (QED) is 0.633. The Morgan fingerprint density at radius 1 is 1.33 bits per heavy atom. The van der Waals surface area contributed by atoms with Crippen LogP contribution in [0.15, 0.2) is 36.0 Å². The van der Waals surface area contributed by atoms with Crippen molar-refractivity contribution in [2.45, 2.75) is 19.8 Å². The van der Waals surface area contributed by atoms with Crippen molar-refractivity contribution in [3.63, 3.8) is 0 Å². The Balaban J connectivity index is 2.09. The van der Waals surface area contributed by atoms with Gasteiger partial charge in [0, 0.05) is 6.54 Å². The van der Waals surface area contributed by atoms with Gasteiger partial charge in [0.25, 0.3) is 0 Å². The molecule has 2 atom stereocenters. The van der Waals surface area contributed by atoms with Gasteiger partial charge in [0.2, 0.25) is 0 Å². The second-order valence-corrected chi connectivity index (χ2v) is 4.87. The molecule has 0 amide bonds. The maximum absolute atomic E-state index is 2.45. The van der Waals surface area contributed by atoms with Crippen molar-refractivity contribution in [2.24, 2.45) is 11.8 Å². The van der Waals surface area contributed by atoms with E-state index in [4.69, 9.17) is 0 Å². The summed E-state index contributed by atoms with van der Waals surface area (Å²) in [6, 6.07) is 0. The second kappa shape index (κ2) is 4.80. The molecule has 1 aliphatic carbocycles. The fourth-order valence-electron chi connectivity index (χ4n) is 2.53. The third kappa shape index (κ3) is 2.82. The highest BCUT2D eigenvalue weighted by molar-refractivity contribution is 5.30. The van der Waals surface area contributed by atoms with Crippen molar-refractivity contribution in [1.82, 2.24) is 4.90 Å². The fraction of sp³-hybridized carbons (Fsp3) is 0.571. The third-order valence-corrected chi connectivity index (χ3v) is 3.37. The largest absolute Gasteiger partial charge is 0.306 e. The summed E-state index contributed by atoms with van der Waals surface area (Å²) >= 11 is 0. The molecular formula is C14H21N. The molecule has 1 heterocycles. The molecule has 15 heavy (non-hydrogen) atoms. The minimum absolute atomic E-state index is 0.585. The molecular weight excluding hydrogens is 182 g/mol. The maximum atomic E-state index is 2.45. The van der Waals surface area contributed by atoms with E-state index in [-0.39, 0.29) is 0 Å². The maximum Gasteiger partial charge on any atom is 0.00471 e. The summed E-state index contributed by atoms with van der Waals surface area (Å²) in [6.07, 6.45) is 14.0. The molecule has 1 saturated heterocycles. The minimum Gasteiger partial charge on any atom is -0.306 e. The van der Waals surface area contributed by atoms with Gasteiger partial charge >= 0.3 is 0 Å². The zero-order chi connectivity index (χ0) is 10.7. The van der Waals surface area contributed by atoms with Crippen LogP contribution >= 0.6 is 0 Å². The van der Waals surface area contributed by atoms with Gasteiger partial charge in [-0.1, -0.05) is 37.3 Å². The molecule has 0 aromatic heterocycles. The molecule has 2 aliphatic rings. The number of hydrogen-bond acceptors (Lipinski definition) is 1. The van der Waals surface area contributed by atoms with E-state index < -0.39 is 0 Å². The van der Waals surface area contributed by atoms with E-state index in [2.05, 4.69) is 49.3 Å². The fourth-order valence-corrected chi connectivity index (χ4v) is 2.53. The van der Waals surface area contributed by atoms with Crippen LogP contribution in [-0.2, 0) is 0 Å². The van der Waals surface area contributed by atoms with Gasteiger partial charge in [0.1, 0.15) is 0 Å². The predicted molar refractivity (Wildman–Crippen MR) is 65.7 cm³/mol. The first-order valence-corrected chi connectivity index (χ1v) is 6.01. The molecule has 82 valence electrons. The lowest BCUT2D eigenvalue weighted by atomic mass is 9.89. The van der Waals surface area contributed by atoms with Crippen LogP contribution < -0.4 is 0 Å². The van der Waals surface area contributed by atoms with Crippen LogP contribution in [0.4, 0.5) is 0 Å². The lowest BCUT2D eigenvalue weighted by Gasteiger charge is -2.30. The van der Waals surface area contributed by atoms with E-state index in [9.17, 15) is 0 Å². The highest BCUT2D eigenvalue weighted by atomic mass is 15.1. The van der Waals surface area contributed by atoms with Gasteiger partial charge in [-0.25, -0.2) is 0 Å². The summed E-state index contributed by atoms with van der Waals surface area (Å²) < 4.78 is 0. The molecule has 1 fully saturated rings. The Morgan fingerprint density at radius 2 is 2.20 bits per heavy atom. The summed E-state index contributed by atoms with van der Waals surface area (Å²) in [4.78, 5) is 2.45. The lowest BCUT2D eigenvalue weighted by Crippen LogP contribution is -2.32. The van der Waals surface area contributed by atoms with Gasteiger partial charge in [0.05, 0.1) is 0 Å². The first-order chi connectivity index (χ1) is 7.25. The summed E-state index contributed by atoms with van der Waals surface area (Å²) in [5.41, 5.74) is 1.54. The summed E-state index contributed by atoms with van der Waals surface area (Å²) in [5.74, 6) is 1.34. The van der Waals surface area contributed by atoms with Crippen LogP contribution in [0, 0.1) is 11.8 Å². The SMILES string of the molecule is CC1C=CC=CC(C2CCCN(C)C2)=C1. The van der Waals surface area contributed by atoms with Gasteiger partial charge in [0.15, 0.2) is 0 Å². The van der Waals surface area contributed by atoms with Gasteiger partial charge in [-0.05, 0) is 43.8 Å². The van der Waals surface area contributed by atoms with Crippen molar-refractivity contribution in [3.8, 4) is 0 Å². The number of allylic oxidation sites excluding steroid dienone is 5. The zero-order valence-corrected chi connectivity index (χ0v) is 9.82. The highest BCUT2D eigenvalue weighted by Gasteiger charge is 2.19. The Labute approximate surface area is 93.2 Å². The normalized spacial score (nSPS) is 32.5. The molecule has 0 bridgehead atoms. The van der Waals surface area contributed by atoms with Crippen LogP contribution in [0.5, 0.6) is 0 Å². The van der Waals surface area contributed by atoms with Crippen LogP contribution in [-0.4, -0.2) is 25.0 Å². The molecule has 2 unspecified atom stereocenters. The molecule has 2 rings (SSSR count). The van der Waals surface area contributed by atoms with Gasteiger partial charge in [-0.2, -0.15) is 0 Å². The highest BCUT2D eigenvalue weighted by Crippen LogP contribution is 2.26. The number of piperidine rings is 1. The summed E-state index contributed by atoms with van der Waals surface area (Å²) in [6.45, 7) is 4.75. The summed E-state index contributed by atoms with van der Waals surface area (Å²) in [7, 11) is 2.23. The first-order valence-electron chi connectivity index (χ1n) is 6.01. The third-order valence-electron chi connectivity index (χ3n) is 3.37. The Morgan fingerprint density at radius 3 is 3.00 bits per heavy atom. The van der Waals surface area contributed by atoms with Crippen molar-refractivity contribution in [1.29, 1.82) is 0 Å². The van der Waals surface area contributed by atoms with Crippen molar-refractivity contribution in [2.75, 3.05) is 20.1 Å². The molecule has 0 aromatic carbocycles. The van der Waals surface area contributed by atoms with E-state index in [1.807, 2.05) is 0 Å². The molecule has 0 spiro atoms. The van der Waals surface area contributed by atoms with Gasteiger partial charge < -0.3 is 4.90 Å². The molecule has 0 saturated carbocycles. The molecule has 1 aliphatic heterocycles. The topological polar surface area (TPSA) is 3.24 Å². The van der Waals surface area contributed by atoms with Crippen LogP contribution in [0.1, 0.15) is 19.8 Å². The second-order valence-electron chi connectivity index (χ2n) is 4.87. The molecule has 0 radical (unpaired) electrons. The number of hydrogen-bond donors (Lipinski definition) is 0. The standard InChI is InChI=1S/C14H21N/c1-12-6-3-4-7-13(10-12)14-8-5-9-15(2)11-14/h3-4,6-7,10,12,14H,5,8-9,11H2,1-2H3. The van der Waals surface area contributed by atoms with Crippen molar-refractivity contribution in [3.05, 3.63) is 36.0 Å². The minimum atomic E-state index is 0.585. The Kier molecular flexibility index (Phi) is 3.42. The Bertz CT molecular complexity index is 298.